The van der Waals surface area contributed by atoms with Crippen LogP contribution in [0.3, 0.4) is 0 Å². The Morgan fingerprint density at radius 1 is 1.17 bits per heavy atom. The lowest BCUT2D eigenvalue weighted by Gasteiger charge is -2.07. The van der Waals surface area contributed by atoms with Gasteiger partial charge in [-0.25, -0.2) is 9.97 Å². The zero-order valence-electron chi connectivity index (χ0n) is 11.5. The highest BCUT2D eigenvalue weighted by Crippen LogP contribution is 2.03. The highest BCUT2D eigenvalue weighted by Gasteiger charge is 2.02. The van der Waals surface area contributed by atoms with Crippen LogP contribution in [0.4, 0.5) is 0 Å². The number of nitrogens with zero attached hydrogens (tertiary/aromatic N) is 2. The molecule has 0 saturated heterocycles. The van der Waals surface area contributed by atoms with Gasteiger partial charge < -0.3 is 14.8 Å². The van der Waals surface area contributed by atoms with Crippen LogP contribution >= 0.6 is 0 Å². The minimum absolute atomic E-state index is 0.713. The maximum Gasteiger partial charge on any atom is 0.128 e. The molecule has 5 nitrogen and oxygen atoms in total. The number of rotatable bonds is 9. The van der Waals surface area contributed by atoms with Crippen molar-refractivity contribution in [3.05, 3.63) is 23.3 Å². The molecule has 18 heavy (non-hydrogen) atoms. The number of aromatic nitrogens is 2. The highest BCUT2D eigenvalue weighted by atomic mass is 16.5. The summed E-state index contributed by atoms with van der Waals surface area (Å²) < 4.78 is 10.0. The van der Waals surface area contributed by atoms with Gasteiger partial charge in [0, 0.05) is 46.0 Å². The zero-order valence-corrected chi connectivity index (χ0v) is 11.5. The molecule has 102 valence electrons. The van der Waals surface area contributed by atoms with Gasteiger partial charge in [-0.1, -0.05) is 0 Å². The molecule has 0 spiro atoms. The van der Waals surface area contributed by atoms with E-state index in [1.165, 1.54) is 0 Å². The lowest BCUT2D eigenvalue weighted by molar-refractivity contribution is 0.194. The first kappa shape index (κ1) is 15.0. The van der Waals surface area contributed by atoms with Crippen LogP contribution in [0.15, 0.2) is 6.07 Å². The topological polar surface area (TPSA) is 56.3 Å². The fraction of sp³-hybridized carbons (Fsp3) is 0.692. The van der Waals surface area contributed by atoms with Crippen LogP contribution in [-0.2, 0) is 22.4 Å². The SMILES string of the molecule is COCCCc1nc(C)cc(CNCCOC)n1. The molecule has 0 radical (unpaired) electrons. The van der Waals surface area contributed by atoms with Crippen LogP contribution < -0.4 is 5.32 Å². The molecule has 0 aliphatic carbocycles. The van der Waals surface area contributed by atoms with E-state index in [0.29, 0.717) is 6.61 Å². The lowest BCUT2D eigenvalue weighted by atomic mass is 10.2. The van der Waals surface area contributed by atoms with Crippen molar-refractivity contribution in [2.75, 3.05) is 34.0 Å². The predicted molar refractivity (Wildman–Crippen MR) is 70.5 cm³/mol. The van der Waals surface area contributed by atoms with Gasteiger partial charge in [0.1, 0.15) is 5.82 Å². The Morgan fingerprint density at radius 3 is 2.67 bits per heavy atom. The Morgan fingerprint density at radius 2 is 1.94 bits per heavy atom. The number of aryl methyl sites for hydroxylation is 2. The van der Waals surface area contributed by atoms with Crippen LogP contribution in [0.2, 0.25) is 0 Å². The van der Waals surface area contributed by atoms with E-state index in [9.17, 15) is 0 Å². The molecule has 1 heterocycles. The van der Waals surface area contributed by atoms with E-state index in [4.69, 9.17) is 9.47 Å². The van der Waals surface area contributed by atoms with E-state index in [2.05, 4.69) is 15.3 Å². The molecular weight excluding hydrogens is 230 g/mol. The van der Waals surface area contributed by atoms with Crippen molar-refractivity contribution in [1.29, 1.82) is 0 Å². The van der Waals surface area contributed by atoms with E-state index in [-0.39, 0.29) is 0 Å². The van der Waals surface area contributed by atoms with Crippen LogP contribution in [0.1, 0.15) is 23.6 Å². The van der Waals surface area contributed by atoms with Crippen molar-refractivity contribution in [1.82, 2.24) is 15.3 Å². The molecule has 0 unspecified atom stereocenters. The summed E-state index contributed by atoms with van der Waals surface area (Å²) in [6.45, 7) is 5.05. The molecule has 0 fully saturated rings. The third kappa shape index (κ3) is 6.05. The fourth-order valence-corrected chi connectivity index (χ4v) is 1.67. The van der Waals surface area contributed by atoms with Gasteiger partial charge in [0.25, 0.3) is 0 Å². The molecule has 0 aliphatic rings. The van der Waals surface area contributed by atoms with E-state index in [1.807, 2.05) is 13.0 Å². The second-order valence-electron chi connectivity index (χ2n) is 4.18. The Hall–Kier alpha value is -1.04. The van der Waals surface area contributed by atoms with Crippen molar-refractivity contribution >= 4 is 0 Å². The largest absolute Gasteiger partial charge is 0.385 e. The van der Waals surface area contributed by atoms with Gasteiger partial charge in [-0.15, -0.1) is 0 Å². The minimum atomic E-state index is 0.713. The highest BCUT2D eigenvalue weighted by molar-refractivity contribution is 5.10. The first-order chi connectivity index (χ1) is 8.76. The van der Waals surface area contributed by atoms with Crippen molar-refractivity contribution in [2.45, 2.75) is 26.3 Å². The Bertz CT molecular complexity index is 345. The number of ether oxygens (including phenoxy) is 2. The summed E-state index contributed by atoms with van der Waals surface area (Å²) in [5.41, 5.74) is 2.05. The molecule has 1 aromatic heterocycles. The first-order valence-corrected chi connectivity index (χ1v) is 6.28. The maximum atomic E-state index is 5.03. The van der Waals surface area contributed by atoms with Crippen molar-refractivity contribution in [2.24, 2.45) is 0 Å². The van der Waals surface area contributed by atoms with Gasteiger partial charge in [-0.05, 0) is 19.4 Å². The standard InChI is InChI=1S/C13H23N3O2/c1-11-9-12(10-14-6-8-18-3)16-13(15-11)5-4-7-17-2/h9,14H,4-8,10H2,1-3H3. The number of hydrogen-bond donors (Lipinski definition) is 1. The second kappa shape index (κ2) is 8.97. The summed E-state index contributed by atoms with van der Waals surface area (Å²) in [6, 6.07) is 2.01. The average molecular weight is 253 g/mol. The Labute approximate surface area is 109 Å². The molecule has 1 aromatic rings. The van der Waals surface area contributed by atoms with Gasteiger partial charge in [0.2, 0.25) is 0 Å². The Balaban J connectivity index is 2.46. The van der Waals surface area contributed by atoms with Crippen LogP contribution in [0.5, 0.6) is 0 Å². The van der Waals surface area contributed by atoms with Gasteiger partial charge in [-0.2, -0.15) is 0 Å². The molecule has 0 saturated carbocycles. The first-order valence-electron chi connectivity index (χ1n) is 6.28. The number of methoxy groups -OCH3 is 2. The molecule has 1 rings (SSSR count). The van der Waals surface area contributed by atoms with Crippen molar-refractivity contribution in [3.8, 4) is 0 Å². The molecule has 0 aliphatic heterocycles. The lowest BCUT2D eigenvalue weighted by Crippen LogP contribution is -2.20. The van der Waals surface area contributed by atoms with Crippen LogP contribution in [-0.4, -0.2) is 43.9 Å². The summed E-state index contributed by atoms with van der Waals surface area (Å²) >= 11 is 0. The van der Waals surface area contributed by atoms with Crippen molar-refractivity contribution in [3.63, 3.8) is 0 Å². The average Bonchev–Trinajstić information content (AvgIpc) is 2.34. The number of nitrogens with one attached hydrogen (secondary N) is 1. The predicted octanol–water partition coefficient (Wildman–Crippen LogP) is 1.10. The third-order valence-electron chi connectivity index (χ3n) is 2.49. The molecule has 1 N–H and O–H groups in total. The molecule has 0 atom stereocenters. The van der Waals surface area contributed by atoms with Gasteiger partial charge >= 0.3 is 0 Å². The second-order valence-corrected chi connectivity index (χ2v) is 4.18. The van der Waals surface area contributed by atoms with Crippen molar-refractivity contribution < 1.29 is 9.47 Å². The maximum absolute atomic E-state index is 5.03. The summed E-state index contributed by atoms with van der Waals surface area (Å²) in [6.07, 6.45) is 1.82. The molecule has 0 aromatic carbocycles. The smallest absolute Gasteiger partial charge is 0.128 e. The summed E-state index contributed by atoms with van der Waals surface area (Å²) in [5, 5.41) is 3.28. The summed E-state index contributed by atoms with van der Waals surface area (Å²) in [7, 11) is 3.41. The molecular formula is C13H23N3O2. The molecule has 0 amide bonds. The molecule has 5 heteroatoms. The van der Waals surface area contributed by atoms with Crippen LogP contribution in [0.25, 0.3) is 0 Å². The molecule has 0 bridgehead atoms. The van der Waals surface area contributed by atoms with E-state index in [0.717, 1.165) is 49.8 Å². The summed E-state index contributed by atoms with van der Waals surface area (Å²) in [5.74, 6) is 0.899. The third-order valence-corrected chi connectivity index (χ3v) is 2.49. The van der Waals surface area contributed by atoms with E-state index < -0.39 is 0 Å². The monoisotopic (exact) mass is 253 g/mol. The number of hydrogen-bond acceptors (Lipinski definition) is 5. The normalized spacial score (nSPS) is 10.8. The van der Waals surface area contributed by atoms with Gasteiger partial charge in [0.05, 0.1) is 12.3 Å². The quantitative estimate of drug-likeness (QED) is 0.668. The van der Waals surface area contributed by atoms with E-state index >= 15 is 0 Å². The zero-order chi connectivity index (χ0) is 13.2. The van der Waals surface area contributed by atoms with Gasteiger partial charge in [0.15, 0.2) is 0 Å². The van der Waals surface area contributed by atoms with Gasteiger partial charge in [-0.3, -0.25) is 0 Å². The summed E-state index contributed by atoms with van der Waals surface area (Å²) in [4.78, 5) is 8.96. The Kier molecular flexibility index (Phi) is 7.48. The fourth-order valence-electron chi connectivity index (χ4n) is 1.67. The van der Waals surface area contributed by atoms with E-state index in [1.54, 1.807) is 14.2 Å². The van der Waals surface area contributed by atoms with Crippen LogP contribution in [0, 0.1) is 6.92 Å². The minimum Gasteiger partial charge on any atom is -0.385 e.